The fourth-order valence-corrected chi connectivity index (χ4v) is 1.66. The molecule has 0 saturated heterocycles. The second kappa shape index (κ2) is 4.50. The number of nitrogens with two attached hydrogens (primary N) is 1. The van der Waals surface area contributed by atoms with Crippen molar-refractivity contribution in [2.45, 2.75) is 12.8 Å². The number of alkyl halides is 2. The van der Waals surface area contributed by atoms with Gasteiger partial charge < -0.3 is 5.73 Å². The highest BCUT2D eigenvalue weighted by Crippen LogP contribution is 2.30. The van der Waals surface area contributed by atoms with Gasteiger partial charge in [0, 0.05) is 17.4 Å². The quantitative estimate of drug-likeness (QED) is 0.673. The Morgan fingerprint density at radius 2 is 2.29 bits per heavy atom. The van der Waals surface area contributed by atoms with Crippen LogP contribution in [0.2, 0.25) is 0 Å². The molecule has 6 heteroatoms. The van der Waals surface area contributed by atoms with E-state index in [9.17, 15) is 8.78 Å². The summed E-state index contributed by atoms with van der Waals surface area (Å²) < 4.78 is 25.2. The summed E-state index contributed by atoms with van der Waals surface area (Å²) in [6.07, 6.45) is -1.31. The second-order valence-corrected chi connectivity index (χ2v) is 3.56. The van der Waals surface area contributed by atoms with Crippen LogP contribution in [-0.4, -0.2) is 4.98 Å². The highest BCUT2D eigenvalue weighted by molar-refractivity contribution is 14.1. The van der Waals surface area contributed by atoms with E-state index in [1.165, 1.54) is 6.20 Å². The van der Waals surface area contributed by atoms with Gasteiger partial charge in [-0.3, -0.25) is 0 Å². The molecule has 0 bridgehead atoms. The van der Waals surface area contributed by atoms with Crippen molar-refractivity contribution < 1.29 is 8.78 Å². The maximum absolute atomic E-state index is 12.5. The minimum Gasteiger partial charge on any atom is -0.398 e. The molecule has 0 radical (unpaired) electrons. The fourth-order valence-electron chi connectivity index (χ4n) is 0.991. The fraction of sp³-hybridized carbons (Fsp3) is 0.250. The van der Waals surface area contributed by atoms with Crippen LogP contribution in [0.1, 0.15) is 17.6 Å². The van der Waals surface area contributed by atoms with E-state index in [0.29, 0.717) is 5.56 Å². The smallest absolute Gasteiger partial charge is 0.268 e. The van der Waals surface area contributed by atoms with Gasteiger partial charge in [-0.2, -0.15) is 5.26 Å². The van der Waals surface area contributed by atoms with Crippen LogP contribution in [0.5, 0.6) is 0 Å². The van der Waals surface area contributed by atoms with Crippen molar-refractivity contribution in [3.8, 4) is 6.07 Å². The van der Waals surface area contributed by atoms with Crippen LogP contribution in [0.4, 0.5) is 14.5 Å². The van der Waals surface area contributed by atoms with Gasteiger partial charge in [0.05, 0.1) is 18.1 Å². The summed E-state index contributed by atoms with van der Waals surface area (Å²) in [6.45, 7) is 0. The van der Waals surface area contributed by atoms with E-state index in [1.54, 1.807) is 22.6 Å². The molecule has 74 valence electrons. The maximum atomic E-state index is 12.5. The van der Waals surface area contributed by atoms with Gasteiger partial charge in [0.25, 0.3) is 6.43 Å². The number of hydrogen-bond donors (Lipinski definition) is 1. The molecule has 0 aliphatic carbocycles. The zero-order chi connectivity index (χ0) is 10.7. The highest BCUT2D eigenvalue weighted by Gasteiger charge is 2.18. The molecule has 1 aromatic rings. The summed E-state index contributed by atoms with van der Waals surface area (Å²) in [6, 6.07) is 1.84. The Morgan fingerprint density at radius 1 is 1.64 bits per heavy atom. The third-order valence-corrected chi connectivity index (χ3v) is 2.54. The van der Waals surface area contributed by atoms with Crippen molar-refractivity contribution in [2.75, 3.05) is 5.73 Å². The Labute approximate surface area is 93.1 Å². The van der Waals surface area contributed by atoms with Crippen LogP contribution in [0, 0.1) is 15.0 Å². The van der Waals surface area contributed by atoms with Crippen LogP contribution >= 0.6 is 22.6 Å². The number of nitriles is 1. The largest absolute Gasteiger partial charge is 0.398 e. The Kier molecular flexibility index (Phi) is 3.57. The van der Waals surface area contributed by atoms with E-state index < -0.39 is 6.43 Å². The molecule has 0 amide bonds. The average Bonchev–Trinajstić information content (AvgIpc) is 2.10. The van der Waals surface area contributed by atoms with Crippen LogP contribution in [0.25, 0.3) is 0 Å². The number of aromatic nitrogens is 1. The van der Waals surface area contributed by atoms with Crippen LogP contribution in [0.3, 0.4) is 0 Å². The Balaban J connectivity index is 3.28. The molecule has 0 aliphatic rings. The second-order valence-electron chi connectivity index (χ2n) is 2.54. The van der Waals surface area contributed by atoms with Crippen LogP contribution in [-0.2, 0) is 6.42 Å². The number of pyridine rings is 1. The van der Waals surface area contributed by atoms with Crippen LogP contribution < -0.4 is 5.73 Å². The first-order valence-electron chi connectivity index (χ1n) is 3.65. The molecule has 0 fully saturated rings. The van der Waals surface area contributed by atoms with Crippen molar-refractivity contribution in [3.63, 3.8) is 0 Å². The van der Waals surface area contributed by atoms with Crippen LogP contribution in [0.15, 0.2) is 6.20 Å². The number of hydrogen-bond acceptors (Lipinski definition) is 3. The van der Waals surface area contributed by atoms with Gasteiger partial charge in [-0.15, -0.1) is 0 Å². The summed E-state index contributed by atoms with van der Waals surface area (Å²) in [5.74, 6) is 0. The third kappa shape index (κ3) is 2.09. The summed E-state index contributed by atoms with van der Waals surface area (Å²) in [5, 5.41) is 8.42. The molecule has 3 nitrogen and oxygen atoms in total. The van der Waals surface area contributed by atoms with Crippen molar-refractivity contribution in [1.82, 2.24) is 4.98 Å². The first-order valence-corrected chi connectivity index (χ1v) is 4.73. The third-order valence-electron chi connectivity index (χ3n) is 1.68. The van der Waals surface area contributed by atoms with E-state index in [1.807, 2.05) is 6.07 Å². The predicted molar refractivity (Wildman–Crippen MR) is 55.6 cm³/mol. The molecule has 14 heavy (non-hydrogen) atoms. The average molecular weight is 309 g/mol. The van der Waals surface area contributed by atoms with Gasteiger partial charge >= 0.3 is 0 Å². The number of nitrogens with zero attached hydrogens (tertiary/aromatic N) is 2. The number of nitrogen functional groups attached to an aromatic ring is 1. The van der Waals surface area contributed by atoms with Gasteiger partial charge in [-0.25, -0.2) is 13.8 Å². The molecule has 0 unspecified atom stereocenters. The molecule has 0 spiro atoms. The molecule has 1 rings (SSSR count). The van der Waals surface area contributed by atoms with Crippen molar-refractivity contribution in [1.29, 1.82) is 5.26 Å². The minimum atomic E-state index is -2.66. The number of halogens is 3. The molecular formula is C8H6F2IN3. The normalized spacial score (nSPS) is 10.2. The lowest BCUT2D eigenvalue weighted by Crippen LogP contribution is -2.04. The van der Waals surface area contributed by atoms with Crippen molar-refractivity contribution >= 4 is 28.3 Å². The molecule has 0 aliphatic heterocycles. The lowest BCUT2D eigenvalue weighted by Gasteiger charge is -2.09. The molecule has 1 heterocycles. The predicted octanol–water partition coefficient (Wildman–Crippen LogP) is 2.27. The van der Waals surface area contributed by atoms with Crippen molar-refractivity contribution in [3.05, 3.63) is 21.0 Å². The van der Waals surface area contributed by atoms with Gasteiger partial charge in [-0.05, 0) is 22.6 Å². The topological polar surface area (TPSA) is 62.7 Å². The molecule has 2 N–H and O–H groups in total. The summed E-state index contributed by atoms with van der Waals surface area (Å²) >= 11 is 1.69. The molecule has 0 saturated carbocycles. The standard InChI is InChI=1S/C8H6F2IN3/c9-7(10)5-6(13)4(1-2-12)3-14-8(5)11/h3,7H,1H2,(H2,13,14). The lowest BCUT2D eigenvalue weighted by atomic mass is 10.1. The van der Waals surface area contributed by atoms with Gasteiger partial charge in [0.15, 0.2) is 0 Å². The molecule has 0 atom stereocenters. The first-order chi connectivity index (χ1) is 6.57. The zero-order valence-electron chi connectivity index (χ0n) is 6.97. The minimum absolute atomic E-state index is 0.00449. The van der Waals surface area contributed by atoms with E-state index >= 15 is 0 Å². The number of rotatable bonds is 2. The maximum Gasteiger partial charge on any atom is 0.268 e. The summed E-state index contributed by atoms with van der Waals surface area (Å²) in [5.41, 5.74) is 5.54. The lowest BCUT2D eigenvalue weighted by molar-refractivity contribution is 0.150. The van der Waals surface area contributed by atoms with E-state index in [4.69, 9.17) is 11.0 Å². The zero-order valence-corrected chi connectivity index (χ0v) is 9.12. The highest BCUT2D eigenvalue weighted by atomic mass is 127. The molecule has 0 aromatic carbocycles. The first kappa shape index (κ1) is 11.1. The van der Waals surface area contributed by atoms with Gasteiger partial charge in [-0.1, -0.05) is 0 Å². The Bertz CT molecular complexity index is 387. The van der Waals surface area contributed by atoms with E-state index in [0.717, 1.165) is 0 Å². The van der Waals surface area contributed by atoms with Gasteiger partial charge in [0.1, 0.15) is 3.70 Å². The Morgan fingerprint density at radius 3 is 2.79 bits per heavy atom. The van der Waals surface area contributed by atoms with Gasteiger partial charge in [0.2, 0.25) is 0 Å². The SMILES string of the molecule is N#CCc1cnc(I)c(C(F)F)c1N. The Hall–Kier alpha value is -0.970. The van der Waals surface area contributed by atoms with E-state index in [-0.39, 0.29) is 21.4 Å². The molecule has 1 aromatic heterocycles. The van der Waals surface area contributed by atoms with E-state index in [2.05, 4.69) is 4.98 Å². The number of anilines is 1. The summed E-state index contributed by atoms with van der Waals surface area (Å²) in [7, 11) is 0. The summed E-state index contributed by atoms with van der Waals surface area (Å²) in [4.78, 5) is 3.76. The van der Waals surface area contributed by atoms with Crippen molar-refractivity contribution in [2.24, 2.45) is 0 Å². The monoisotopic (exact) mass is 309 g/mol. The molecular weight excluding hydrogens is 303 g/mol.